The number of hydrogen-bond acceptors (Lipinski definition) is 6. The number of para-hydroxylation sites is 1. The average molecular weight is 369 g/mol. The summed E-state index contributed by atoms with van der Waals surface area (Å²) < 4.78 is 7.01. The molecule has 0 bridgehead atoms. The Hall–Kier alpha value is -2.87. The van der Waals surface area contributed by atoms with Crippen LogP contribution in [0.4, 0.5) is 5.69 Å². The number of carbonyl (C=O) groups is 1. The number of amides is 1. The number of carbonyl (C=O) groups excluding carboxylic acids is 1. The fourth-order valence-electron chi connectivity index (χ4n) is 2.24. The molecule has 2 aromatic carbocycles. The number of tetrazole rings is 1. The van der Waals surface area contributed by atoms with Gasteiger partial charge in [-0.15, -0.1) is 5.10 Å². The standard InChI is InChI=1S/C18H19N5O2S/c1-3-25-16-11-9-14(10-12-16)19-17(24)13(2)26-18-20-21-22-23(18)15-7-5-4-6-8-15/h4-13H,3H2,1-2H3,(H,19,24)/t13-/m0/s1. The van der Waals surface area contributed by atoms with Crippen LogP contribution in [0.3, 0.4) is 0 Å². The summed E-state index contributed by atoms with van der Waals surface area (Å²) in [5, 5.41) is 14.8. The first kappa shape index (κ1) is 17.9. The van der Waals surface area contributed by atoms with Crippen molar-refractivity contribution in [3.63, 3.8) is 0 Å². The molecular formula is C18H19N5O2S. The van der Waals surface area contributed by atoms with Gasteiger partial charge in [-0.25, -0.2) is 0 Å². The minimum Gasteiger partial charge on any atom is -0.494 e. The number of ether oxygens (including phenoxy) is 1. The summed E-state index contributed by atoms with van der Waals surface area (Å²) in [6.45, 7) is 4.35. The van der Waals surface area contributed by atoms with Crippen LogP contribution in [-0.2, 0) is 4.79 Å². The summed E-state index contributed by atoms with van der Waals surface area (Å²) in [7, 11) is 0. The van der Waals surface area contributed by atoms with Crippen LogP contribution in [0.15, 0.2) is 59.8 Å². The highest BCUT2D eigenvalue weighted by Gasteiger charge is 2.19. The molecule has 7 nitrogen and oxygen atoms in total. The maximum absolute atomic E-state index is 12.5. The van der Waals surface area contributed by atoms with Crippen LogP contribution in [0.5, 0.6) is 5.75 Å². The van der Waals surface area contributed by atoms with Crippen LogP contribution in [0.2, 0.25) is 0 Å². The van der Waals surface area contributed by atoms with Crippen LogP contribution >= 0.6 is 11.8 Å². The quantitative estimate of drug-likeness (QED) is 0.644. The molecular weight excluding hydrogens is 350 g/mol. The summed E-state index contributed by atoms with van der Waals surface area (Å²) in [6.07, 6.45) is 0. The largest absolute Gasteiger partial charge is 0.494 e. The lowest BCUT2D eigenvalue weighted by atomic mass is 10.3. The van der Waals surface area contributed by atoms with E-state index in [-0.39, 0.29) is 11.2 Å². The number of nitrogens with one attached hydrogen (secondary N) is 1. The molecule has 0 fully saturated rings. The number of anilines is 1. The van der Waals surface area contributed by atoms with Crippen LogP contribution in [0.1, 0.15) is 13.8 Å². The Bertz CT molecular complexity index is 852. The highest BCUT2D eigenvalue weighted by molar-refractivity contribution is 8.00. The molecule has 0 saturated heterocycles. The van der Waals surface area contributed by atoms with Crippen LogP contribution in [0, 0.1) is 0 Å². The van der Waals surface area contributed by atoms with E-state index in [0.717, 1.165) is 11.4 Å². The average Bonchev–Trinajstić information content (AvgIpc) is 3.12. The van der Waals surface area contributed by atoms with Gasteiger partial charge in [0.1, 0.15) is 5.75 Å². The molecule has 134 valence electrons. The van der Waals surface area contributed by atoms with Gasteiger partial charge in [0.2, 0.25) is 11.1 Å². The lowest BCUT2D eigenvalue weighted by molar-refractivity contribution is -0.115. The topological polar surface area (TPSA) is 81.9 Å². The van der Waals surface area contributed by atoms with Crippen LogP contribution in [-0.4, -0.2) is 38.0 Å². The molecule has 1 amide bonds. The molecule has 0 spiro atoms. The fraction of sp³-hybridized carbons (Fsp3) is 0.222. The molecule has 1 aromatic heterocycles. The molecule has 8 heteroatoms. The van der Waals surface area contributed by atoms with Gasteiger partial charge in [-0.05, 0) is 60.7 Å². The lowest BCUT2D eigenvalue weighted by Crippen LogP contribution is -2.22. The molecule has 3 aromatic rings. The van der Waals surface area contributed by atoms with E-state index in [4.69, 9.17) is 4.74 Å². The molecule has 3 rings (SSSR count). The molecule has 0 saturated carbocycles. The van der Waals surface area contributed by atoms with Gasteiger partial charge in [0.15, 0.2) is 0 Å². The van der Waals surface area contributed by atoms with Crippen molar-refractivity contribution >= 4 is 23.4 Å². The number of rotatable bonds is 7. The molecule has 1 heterocycles. The van der Waals surface area contributed by atoms with E-state index < -0.39 is 0 Å². The summed E-state index contributed by atoms with van der Waals surface area (Å²) in [5.74, 6) is 0.650. The van der Waals surface area contributed by atoms with Gasteiger partial charge >= 0.3 is 0 Å². The SMILES string of the molecule is CCOc1ccc(NC(=O)[C@H](C)Sc2nnnn2-c2ccccc2)cc1. The number of benzene rings is 2. The van der Waals surface area contributed by atoms with E-state index in [2.05, 4.69) is 20.8 Å². The summed E-state index contributed by atoms with van der Waals surface area (Å²) in [4.78, 5) is 12.5. The smallest absolute Gasteiger partial charge is 0.237 e. The Labute approximate surface area is 155 Å². The van der Waals surface area contributed by atoms with Crippen molar-refractivity contribution in [2.45, 2.75) is 24.3 Å². The van der Waals surface area contributed by atoms with E-state index >= 15 is 0 Å². The number of nitrogens with zero attached hydrogens (tertiary/aromatic N) is 4. The van der Waals surface area contributed by atoms with Crippen molar-refractivity contribution in [2.75, 3.05) is 11.9 Å². The Balaban J connectivity index is 1.64. The third-order valence-corrected chi connectivity index (χ3v) is 4.56. The first-order valence-corrected chi connectivity index (χ1v) is 9.09. The molecule has 1 atom stereocenters. The molecule has 0 unspecified atom stereocenters. The van der Waals surface area contributed by atoms with Gasteiger partial charge in [0.05, 0.1) is 17.5 Å². The van der Waals surface area contributed by atoms with E-state index in [9.17, 15) is 4.79 Å². The van der Waals surface area contributed by atoms with E-state index in [1.54, 1.807) is 4.68 Å². The third-order valence-electron chi connectivity index (χ3n) is 3.53. The van der Waals surface area contributed by atoms with Crippen molar-refractivity contribution in [2.24, 2.45) is 0 Å². The summed E-state index contributed by atoms with van der Waals surface area (Å²) in [6, 6.07) is 16.8. The predicted molar refractivity (Wildman–Crippen MR) is 101 cm³/mol. The second kappa shape index (κ2) is 8.48. The van der Waals surface area contributed by atoms with Crippen LogP contribution < -0.4 is 10.1 Å². The first-order chi connectivity index (χ1) is 12.7. The van der Waals surface area contributed by atoms with E-state index in [0.29, 0.717) is 17.5 Å². The van der Waals surface area contributed by atoms with Crippen LogP contribution in [0.25, 0.3) is 5.69 Å². The highest BCUT2D eigenvalue weighted by Crippen LogP contribution is 2.24. The van der Waals surface area contributed by atoms with Crippen molar-refractivity contribution in [1.29, 1.82) is 0 Å². The number of thioether (sulfide) groups is 1. The fourth-order valence-corrected chi connectivity index (χ4v) is 3.05. The Morgan fingerprint density at radius 1 is 1.19 bits per heavy atom. The zero-order valence-corrected chi connectivity index (χ0v) is 15.3. The second-order valence-corrected chi connectivity index (χ2v) is 6.72. The van der Waals surface area contributed by atoms with Crippen molar-refractivity contribution in [1.82, 2.24) is 20.2 Å². The molecule has 1 N–H and O–H groups in total. The van der Waals surface area contributed by atoms with Gasteiger partial charge in [-0.1, -0.05) is 30.0 Å². The minimum atomic E-state index is -0.366. The first-order valence-electron chi connectivity index (χ1n) is 8.21. The summed E-state index contributed by atoms with van der Waals surface area (Å²) in [5.41, 5.74) is 1.56. The maximum atomic E-state index is 12.5. The molecule has 0 radical (unpaired) electrons. The Morgan fingerprint density at radius 3 is 2.62 bits per heavy atom. The molecule has 26 heavy (non-hydrogen) atoms. The molecule has 0 aliphatic carbocycles. The van der Waals surface area contributed by atoms with E-state index in [1.165, 1.54) is 11.8 Å². The number of hydrogen-bond donors (Lipinski definition) is 1. The zero-order valence-electron chi connectivity index (χ0n) is 14.5. The van der Waals surface area contributed by atoms with Crippen molar-refractivity contribution in [3.8, 4) is 11.4 Å². The maximum Gasteiger partial charge on any atom is 0.237 e. The van der Waals surface area contributed by atoms with Crippen molar-refractivity contribution < 1.29 is 9.53 Å². The summed E-state index contributed by atoms with van der Waals surface area (Å²) >= 11 is 1.30. The molecule has 0 aliphatic rings. The highest BCUT2D eigenvalue weighted by atomic mass is 32.2. The van der Waals surface area contributed by atoms with Crippen molar-refractivity contribution in [3.05, 3.63) is 54.6 Å². The Kier molecular flexibility index (Phi) is 5.85. The predicted octanol–water partition coefficient (Wildman–Crippen LogP) is 3.18. The lowest BCUT2D eigenvalue weighted by Gasteiger charge is -2.12. The minimum absolute atomic E-state index is 0.123. The Morgan fingerprint density at radius 2 is 1.92 bits per heavy atom. The zero-order chi connectivity index (χ0) is 18.4. The normalized spacial score (nSPS) is 11.8. The van der Waals surface area contributed by atoms with E-state index in [1.807, 2.05) is 68.4 Å². The second-order valence-electron chi connectivity index (χ2n) is 5.42. The third kappa shape index (κ3) is 4.40. The van der Waals surface area contributed by atoms with Gasteiger partial charge in [-0.3, -0.25) is 4.79 Å². The van der Waals surface area contributed by atoms with Gasteiger partial charge in [0.25, 0.3) is 0 Å². The monoisotopic (exact) mass is 369 g/mol. The van der Waals surface area contributed by atoms with Gasteiger partial charge < -0.3 is 10.1 Å². The number of aromatic nitrogens is 4. The molecule has 0 aliphatic heterocycles. The van der Waals surface area contributed by atoms with Gasteiger partial charge in [0, 0.05) is 5.69 Å². The van der Waals surface area contributed by atoms with Gasteiger partial charge in [-0.2, -0.15) is 4.68 Å².